The summed E-state index contributed by atoms with van der Waals surface area (Å²) in [5.41, 5.74) is -1.06. The molecule has 1 rings (SSSR count). The number of rotatable bonds is 8. The number of carboxylic acid groups (broad SMARTS) is 1. The molecule has 1 aliphatic rings. The number of methoxy groups -OCH3 is 1. The number of hydrogen-bond donors (Lipinski definition) is 2. The second-order valence-corrected chi connectivity index (χ2v) is 7.42. The molecule has 0 aliphatic carbocycles. The molecule has 0 aromatic rings. The van der Waals surface area contributed by atoms with Crippen molar-refractivity contribution in [1.82, 2.24) is 10.2 Å². The molecular formula is C17H30N2O5. The van der Waals surface area contributed by atoms with E-state index >= 15 is 0 Å². The minimum absolute atomic E-state index is 0.0676. The standard InChI is InChI=1S/C17H30N2O5/c1-11(2)8-13(20)18-14(12(3)4)15(21)19-7-6-17(9-19,10-24-5)16(22)23/h11-12,14H,6-10H2,1-5H3,(H,18,20)(H,22,23). The van der Waals surface area contributed by atoms with Crippen molar-refractivity contribution in [2.24, 2.45) is 17.3 Å². The highest BCUT2D eigenvalue weighted by atomic mass is 16.5. The van der Waals surface area contributed by atoms with Crippen LogP contribution in [0.1, 0.15) is 40.5 Å². The SMILES string of the molecule is COCC1(C(=O)O)CCN(C(=O)C(NC(=O)CC(C)C)C(C)C)C1. The number of carbonyl (C=O) groups excluding carboxylic acids is 2. The largest absolute Gasteiger partial charge is 0.481 e. The molecule has 7 nitrogen and oxygen atoms in total. The van der Waals surface area contributed by atoms with Gasteiger partial charge in [-0.25, -0.2) is 0 Å². The van der Waals surface area contributed by atoms with E-state index in [-0.39, 0.29) is 36.8 Å². The van der Waals surface area contributed by atoms with E-state index in [0.717, 1.165) is 0 Å². The summed E-state index contributed by atoms with van der Waals surface area (Å²) in [4.78, 5) is 38.0. The molecule has 0 bridgehead atoms. The summed E-state index contributed by atoms with van der Waals surface area (Å²) < 4.78 is 5.05. The van der Waals surface area contributed by atoms with Crippen molar-refractivity contribution in [2.75, 3.05) is 26.8 Å². The van der Waals surface area contributed by atoms with Gasteiger partial charge in [-0.2, -0.15) is 0 Å². The Morgan fingerprint density at radius 2 is 1.88 bits per heavy atom. The molecule has 2 atom stereocenters. The number of hydrogen-bond acceptors (Lipinski definition) is 4. The molecule has 2 N–H and O–H groups in total. The van der Waals surface area contributed by atoms with Crippen molar-refractivity contribution in [2.45, 2.75) is 46.6 Å². The third-order valence-corrected chi connectivity index (χ3v) is 4.38. The number of carbonyl (C=O) groups is 3. The number of likely N-dealkylation sites (tertiary alicyclic amines) is 1. The highest BCUT2D eigenvalue weighted by molar-refractivity contribution is 5.89. The topological polar surface area (TPSA) is 95.9 Å². The second-order valence-electron chi connectivity index (χ2n) is 7.42. The summed E-state index contributed by atoms with van der Waals surface area (Å²) >= 11 is 0. The molecular weight excluding hydrogens is 312 g/mol. The van der Waals surface area contributed by atoms with Gasteiger partial charge in [0, 0.05) is 26.6 Å². The molecule has 1 heterocycles. The van der Waals surface area contributed by atoms with Gasteiger partial charge in [0.1, 0.15) is 11.5 Å². The van der Waals surface area contributed by atoms with E-state index in [9.17, 15) is 19.5 Å². The fourth-order valence-corrected chi connectivity index (χ4v) is 3.00. The van der Waals surface area contributed by atoms with Gasteiger partial charge < -0.3 is 20.1 Å². The van der Waals surface area contributed by atoms with Crippen molar-refractivity contribution in [3.8, 4) is 0 Å². The average molecular weight is 342 g/mol. The van der Waals surface area contributed by atoms with Crippen LogP contribution < -0.4 is 5.32 Å². The number of nitrogens with one attached hydrogen (secondary N) is 1. The van der Waals surface area contributed by atoms with E-state index in [1.54, 1.807) is 0 Å². The van der Waals surface area contributed by atoms with Gasteiger partial charge in [0.05, 0.1) is 6.61 Å². The van der Waals surface area contributed by atoms with E-state index in [1.807, 2.05) is 27.7 Å². The smallest absolute Gasteiger partial charge is 0.313 e. The van der Waals surface area contributed by atoms with Crippen LogP contribution in [0.15, 0.2) is 0 Å². The highest BCUT2D eigenvalue weighted by Crippen LogP contribution is 2.32. The summed E-state index contributed by atoms with van der Waals surface area (Å²) in [6.45, 7) is 8.16. The Bertz CT molecular complexity index is 478. The molecule has 0 aromatic heterocycles. The Kier molecular flexibility index (Phi) is 7.20. The van der Waals surface area contributed by atoms with E-state index < -0.39 is 17.4 Å². The fraction of sp³-hybridized carbons (Fsp3) is 0.824. The summed E-state index contributed by atoms with van der Waals surface area (Å²) in [5.74, 6) is -1.19. The zero-order valence-electron chi connectivity index (χ0n) is 15.3. The van der Waals surface area contributed by atoms with Crippen LogP contribution >= 0.6 is 0 Å². The summed E-state index contributed by atoms with van der Waals surface area (Å²) in [5, 5.41) is 12.3. The minimum atomic E-state index is -1.06. The van der Waals surface area contributed by atoms with Crippen molar-refractivity contribution >= 4 is 17.8 Å². The highest BCUT2D eigenvalue weighted by Gasteiger charge is 2.47. The molecule has 24 heavy (non-hydrogen) atoms. The van der Waals surface area contributed by atoms with Gasteiger partial charge in [0.25, 0.3) is 0 Å². The molecule has 2 amide bonds. The summed E-state index contributed by atoms with van der Waals surface area (Å²) in [6, 6.07) is -0.636. The van der Waals surface area contributed by atoms with Crippen molar-refractivity contribution in [3.63, 3.8) is 0 Å². The number of carboxylic acids is 1. The lowest BCUT2D eigenvalue weighted by Crippen LogP contribution is -2.51. The lowest BCUT2D eigenvalue weighted by Gasteiger charge is -2.29. The van der Waals surface area contributed by atoms with Crippen molar-refractivity contribution < 1.29 is 24.2 Å². The Hall–Kier alpha value is -1.63. The first kappa shape index (κ1) is 20.4. The summed E-state index contributed by atoms with van der Waals surface area (Å²) in [6.07, 6.45) is 0.714. The maximum atomic E-state index is 12.8. The normalized spacial score (nSPS) is 22.0. The van der Waals surface area contributed by atoms with E-state index in [2.05, 4.69) is 5.32 Å². The number of nitrogens with zero attached hydrogens (tertiary/aromatic N) is 1. The molecule has 1 saturated heterocycles. The molecule has 0 saturated carbocycles. The lowest BCUT2D eigenvalue weighted by molar-refractivity contribution is -0.152. The molecule has 0 aromatic carbocycles. The number of ether oxygens (including phenoxy) is 1. The van der Waals surface area contributed by atoms with Gasteiger partial charge in [-0.1, -0.05) is 27.7 Å². The zero-order valence-corrected chi connectivity index (χ0v) is 15.3. The third-order valence-electron chi connectivity index (χ3n) is 4.38. The van der Waals surface area contributed by atoms with Crippen molar-refractivity contribution in [1.29, 1.82) is 0 Å². The third kappa shape index (κ3) is 4.93. The molecule has 0 radical (unpaired) electrons. The van der Waals surface area contributed by atoms with Crippen LogP contribution in [-0.2, 0) is 19.1 Å². The monoisotopic (exact) mass is 342 g/mol. The Morgan fingerprint density at radius 3 is 2.33 bits per heavy atom. The van der Waals surface area contributed by atoms with Gasteiger partial charge in [-0.05, 0) is 18.3 Å². The van der Waals surface area contributed by atoms with Crippen LogP contribution in [0.3, 0.4) is 0 Å². The molecule has 2 unspecified atom stereocenters. The predicted molar refractivity (Wildman–Crippen MR) is 89.4 cm³/mol. The van der Waals surface area contributed by atoms with Gasteiger partial charge in [-0.15, -0.1) is 0 Å². The Balaban J connectivity index is 2.82. The van der Waals surface area contributed by atoms with Gasteiger partial charge in [0.15, 0.2) is 0 Å². The quantitative estimate of drug-likeness (QED) is 0.689. The first-order valence-electron chi connectivity index (χ1n) is 8.43. The maximum Gasteiger partial charge on any atom is 0.313 e. The van der Waals surface area contributed by atoms with Crippen LogP contribution in [0.2, 0.25) is 0 Å². The van der Waals surface area contributed by atoms with Crippen LogP contribution in [-0.4, -0.2) is 60.6 Å². The molecule has 1 aliphatic heterocycles. The number of aliphatic carboxylic acids is 1. The lowest BCUT2D eigenvalue weighted by atomic mass is 9.88. The average Bonchev–Trinajstić information content (AvgIpc) is 2.89. The van der Waals surface area contributed by atoms with E-state index in [0.29, 0.717) is 19.4 Å². The molecule has 7 heteroatoms. The maximum absolute atomic E-state index is 12.8. The van der Waals surface area contributed by atoms with Gasteiger partial charge in [-0.3, -0.25) is 14.4 Å². The zero-order chi connectivity index (χ0) is 18.5. The summed E-state index contributed by atoms with van der Waals surface area (Å²) in [7, 11) is 1.46. The number of amides is 2. The molecule has 0 spiro atoms. The van der Waals surface area contributed by atoms with E-state index in [4.69, 9.17) is 4.74 Å². The Labute approximate surface area is 143 Å². The van der Waals surface area contributed by atoms with Crippen LogP contribution in [0, 0.1) is 17.3 Å². The van der Waals surface area contributed by atoms with Crippen molar-refractivity contribution in [3.05, 3.63) is 0 Å². The fourth-order valence-electron chi connectivity index (χ4n) is 3.00. The van der Waals surface area contributed by atoms with Gasteiger partial charge in [0.2, 0.25) is 11.8 Å². The van der Waals surface area contributed by atoms with Gasteiger partial charge >= 0.3 is 5.97 Å². The minimum Gasteiger partial charge on any atom is -0.481 e. The van der Waals surface area contributed by atoms with Crippen LogP contribution in [0.5, 0.6) is 0 Å². The van der Waals surface area contributed by atoms with Crippen LogP contribution in [0.4, 0.5) is 0 Å². The first-order valence-corrected chi connectivity index (χ1v) is 8.43. The predicted octanol–water partition coefficient (Wildman–Crippen LogP) is 1.12. The first-order chi connectivity index (χ1) is 11.1. The molecule has 138 valence electrons. The Morgan fingerprint density at radius 1 is 1.25 bits per heavy atom. The van der Waals surface area contributed by atoms with Crippen LogP contribution in [0.25, 0.3) is 0 Å². The molecule has 1 fully saturated rings. The van der Waals surface area contributed by atoms with E-state index in [1.165, 1.54) is 12.0 Å². The second kappa shape index (κ2) is 8.46.